The zero-order chi connectivity index (χ0) is 47.7. The van der Waals surface area contributed by atoms with Crippen LogP contribution in [0, 0.1) is 47.5 Å². The average Bonchev–Trinajstić information content (AvgIpc) is 3.30. The summed E-state index contributed by atoms with van der Waals surface area (Å²) in [5.74, 6) is 19.9. The van der Waals surface area contributed by atoms with Gasteiger partial charge < -0.3 is 56.8 Å². The van der Waals surface area contributed by atoms with Crippen molar-refractivity contribution in [2.24, 2.45) is 0 Å². The molecule has 0 saturated carbocycles. The van der Waals surface area contributed by atoms with Gasteiger partial charge in [-0.2, -0.15) is 0 Å². The summed E-state index contributed by atoms with van der Waals surface area (Å²) in [4.78, 5) is 14.0. The molecular weight excluding hydrogens is 863 g/mol. The van der Waals surface area contributed by atoms with Crippen LogP contribution < -0.4 is 14.2 Å². The van der Waals surface area contributed by atoms with Crippen LogP contribution in [0.5, 0.6) is 17.2 Å². The maximum Gasteiger partial charge on any atom is 0.138 e. The Bertz CT molecular complexity index is 2110. The van der Waals surface area contributed by atoms with Gasteiger partial charge in [-0.25, -0.2) is 15.0 Å². The Hall–Kier alpha value is -5.05. The Balaban J connectivity index is 1.87. The van der Waals surface area contributed by atoms with Gasteiger partial charge in [-0.15, -0.1) is 12.0 Å². The lowest BCUT2D eigenvalue weighted by Crippen LogP contribution is -2.35. The number of methoxy groups -OCH3 is 3. The first kappa shape index (κ1) is 55.3. The summed E-state index contributed by atoms with van der Waals surface area (Å²) in [5.41, 5.74) is 6.08. The van der Waals surface area contributed by atoms with E-state index in [4.69, 9.17) is 73.2 Å². The van der Waals surface area contributed by atoms with Crippen LogP contribution in [0.25, 0.3) is 0 Å². The number of hydrogen-bond acceptors (Lipinski definition) is 15. The molecule has 3 aromatic rings. The van der Waals surface area contributed by atoms with E-state index in [2.05, 4.69) is 79.9 Å². The van der Waals surface area contributed by atoms with Crippen molar-refractivity contribution >= 4 is 8.07 Å². The molecule has 0 unspecified atom stereocenters. The molecule has 0 atom stereocenters. The van der Waals surface area contributed by atoms with Gasteiger partial charge in [0.05, 0.1) is 99.1 Å². The second-order valence-corrected chi connectivity index (χ2v) is 20.7. The number of nitrogens with zero attached hydrogens (tertiary/aromatic N) is 3. The van der Waals surface area contributed by atoms with Crippen molar-refractivity contribution in [3.8, 4) is 64.7 Å². The van der Waals surface area contributed by atoms with Gasteiger partial charge in [0, 0.05) is 57.7 Å². The highest BCUT2D eigenvalue weighted by atomic mass is 28.3. The molecule has 0 aliphatic rings. The summed E-state index contributed by atoms with van der Waals surface area (Å²) in [5, 5.41) is 0.0669. The largest absolute Gasteiger partial charge is 0.491 e. The van der Waals surface area contributed by atoms with Gasteiger partial charge in [-0.3, -0.25) is 0 Å². The molecule has 0 radical (unpaired) electrons. The van der Waals surface area contributed by atoms with E-state index in [0.717, 1.165) is 0 Å². The van der Waals surface area contributed by atoms with Crippen LogP contribution >= 0.6 is 0 Å². The fourth-order valence-electron chi connectivity index (χ4n) is 4.87. The predicted octanol–water partition coefficient (Wildman–Crippen LogP) is 5.23. The van der Waals surface area contributed by atoms with Crippen molar-refractivity contribution in [2.75, 3.05) is 140 Å². The van der Waals surface area contributed by atoms with Gasteiger partial charge >= 0.3 is 0 Å². The number of pyridine rings is 3. The van der Waals surface area contributed by atoms with Crippen LogP contribution in [0.15, 0.2) is 36.4 Å². The normalized spacial score (nSPS) is 11.1. The van der Waals surface area contributed by atoms with Crippen LogP contribution in [0.3, 0.4) is 0 Å². The third-order valence-corrected chi connectivity index (χ3v) is 14.0. The summed E-state index contributed by atoms with van der Waals surface area (Å²) in [6.07, 6.45) is 5.73. The Morgan fingerprint density at radius 3 is 0.955 bits per heavy atom. The lowest BCUT2D eigenvalue weighted by atomic mass is 10.2. The number of rotatable bonds is 30. The van der Waals surface area contributed by atoms with Crippen LogP contribution in [0.1, 0.15) is 54.9 Å². The number of hydrogen-bond donors (Lipinski definition) is 0. The molecule has 66 heavy (non-hydrogen) atoms. The molecule has 16 heteroatoms. The first-order valence-corrected chi connectivity index (χ1v) is 24.9. The smallest absolute Gasteiger partial charge is 0.138 e. The van der Waals surface area contributed by atoms with Gasteiger partial charge in [-0.05, 0) is 28.7 Å². The van der Waals surface area contributed by atoms with Crippen molar-refractivity contribution in [2.45, 2.75) is 38.9 Å². The monoisotopic (exact) mass is 929 g/mol. The minimum absolute atomic E-state index is 0.0669. The van der Waals surface area contributed by atoms with E-state index in [1.54, 1.807) is 51.7 Å². The second kappa shape index (κ2) is 32.6. The van der Waals surface area contributed by atoms with Gasteiger partial charge in [0.1, 0.15) is 79.3 Å². The summed E-state index contributed by atoms with van der Waals surface area (Å²) >= 11 is 0. The van der Waals surface area contributed by atoms with E-state index in [1.165, 1.54) is 0 Å². The Morgan fingerprint density at radius 1 is 0.409 bits per heavy atom. The standard InChI is InChI=1S/C50H67N3O12Si/c1-10-41-35-47(63-31-28-60-25-22-57-19-16-54-5)36-42(51-41)11-12-43-37-48(64-32-29-61-26-23-58-20-17-55-6)38-44(52-43)13-14-45-39-49(65-33-30-62-27-24-59-21-18-56-7)40-46(53-45)15-34-66(8,9)50(2,3)4/h1,35-40H,16-33H2,2-9H3. The van der Waals surface area contributed by atoms with Crippen LogP contribution in [0.4, 0.5) is 0 Å². The van der Waals surface area contributed by atoms with Gasteiger partial charge in [0.15, 0.2) is 0 Å². The van der Waals surface area contributed by atoms with E-state index in [0.29, 0.717) is 164 Å². The minimum atomic E-state index is -1.95. The topological polar surface area (TPSA) is 149 Å². The molecule has 0 saturated heterocycles. The maximum absolute atomic E-state index is 6.10. The van der Waals surface area contributed by atoms with Crippen molar-refractivity contribution in [3.63, 3.8) is 0 Å². The van der Waals surface area contributed by atoms with E-state index in [9.17, 15) is 0 Å². The molecule has 0 fully saturated rings. The molecule has 0 bridgehead atoms. The van der Waals surface area contributed by atoms with E-state index < -0.39 is 8.07 Å². The zero-order valence-electron chi connectivity index (χ0n) is 40.0. The highest BCUT2D eigenvalue weighted by Gasteiger charge is 2.33. The third kappa shape index (κ3) is 23.9. The molecule has 3 heterocycles. The molecule has 358 valence electrons. The zero-order valence-corrected chi connectivity index (χ0v) is 41.0. The van der Waals surface area contributed by atoms with Gasteiger partial charge in [-0.1, -0.05) is 45.7 Å². The van der Waals surface area contributed by atoms with Crippen LogP contribution in [0.2, 0.25) is 18.1 Å². The molecule has 0 aliphatic carbocycles. The molecule has 0 spiro atoms. The third-order valence-electron chi connectivity index (χ3n) is 9.46. The summed E-state index contributed by atoms with van der Waals surface area (Å²) < 4.78 is 66.4. The quantitative estimate of drug-likeness (QED) is 0.0488. The predicted molar refractivity (Wildman–Crippen MR) is 254 cm³/mol. The highest BCUT2D eigenvalue weighted by molar-refractivity contribution is 6.87. The van der Waals surface area contributed by atoms with Crippen molar-refractivity contribution in [3.05, 3.63) is 70.6 Å². The second-order valence-electron chi connectivity index (χ2n) is 15.7. The van der Waals surface area contributed by atoms with Crippen molar-refractivity contribution in [1.82, 2.24) is 15.0 Å². The average molecular weight is 930 g/mol. The van der Waals surface area contributed by atoms with E-state index >= 15 is 0 Å². The number of aromatic nitrogens is 3. The minimum Gasteiger partial charge on any atom is -0.491 e. The summed E-state index contributed by atoms with van der Waals surface area (Å²) in [7, 11) is 2.94. The summed E-state index contributed by atoms with van der Waals surface area (Å²) in [6.45, 7) is 18.9. The lowest BCUT2D eigenvalue weighted by molar-refractivity contribution is 0.0179. The molecule has 0 aliphatic heterocycles. The molecule has 0 amide bonds. The highest BCUT2D eigenvalue weighted by Crippen LogP contribution is 2.35. The Morgan fingerprint density at radius 2 is 0.667 bits per heavy atom. The molecule has 0 N–H and O–H groups in total. The number of ether oxygens (including phenoxy) is 12. The van der Waals surface area contributed by atoms with Gasteiger partial charge in [0.25, 0.3) is 0 Å². The van der Waals surface area contributed by atoms with E-state index in [1.807, 2.05) is 6.07 Å². The van der Waals surface area contributed by atoms with Crippen LogP contribution in [-0.2, 0) is 42.6 Å². The molecule has 0 aromatic carbocycles. The van der Waals surface area contributed by atoms with Gasteiger partial charge in [0.2, 0.25) is 0 Å². The first-order chi connectivity index (χ1) is 32.0. The van der Waals surface area contributed by atoms with Crippen LogP contribution in [-0.4, -0.2) is 163 Å². The molecule has 15 nitrogen and oxygen atoms in total. The summed E-state index contributed by atoms with van der Waals surface area (Å²) in [6, 6.07) is 10.4. The molecular formula is C50H67N3O12Si. The SMILES string of the molecule is C#Cc1cc(OCCOCCOCCOC)cc(C#Cc2cc(OCCOCCOCCOC)cc(C#Cc3cc(OCCOCCOCCOC)cc(C#C[Si](C)(C)C(C)(C)C)n3)n2)n1. The Labute approximate surface area is 393 Å². The molecule has 3 rings (SSSR count). The first-order valence-electron chi connectivity index (χ1n) is 21.9. The van der Waals surface area contributed by atoms with Crippen molar-refractivity contribution in [1.29, 1.82) is 0 Å². The fourth-order valence-corrected chi connectivity index (χ4v) is 5.69. The molecule has 3 aromatic heterocycles. The van der Waals surface area contributed by atoms with E-state index in [-0.39, 0.29) is 11.6 Å². The maximum atomic E-state index is 6.10. The number of terminal acetylenes is 1. The Kier molecular flexibility index (Phi) is 27.3. The lowest BCUT2D eigenvalue weighted by Gasteiger charge is -2.31. The van der Waals surface area contributed by atoms with Crippen molar-refractivity contribution < 1.29 is 56.8 Å². The fraction of sp³-hybridized carbons (Fsp3) is 0.540.